The molecule has 0 aromatic heterocycles. The quantitative estimate of drug-likeness (QED) is 0.566. The van der Waals surface area contributed by atoms with Crippen molar-refractivity contribution in [3.63, 3.8) is 0 Å². The van der Waals surface area contributed by atoms with Crippen LogP contribution < -0.4 is 5.32 Å². The minimum absolute atomic E-state index is 0.150. The summed E-state index contributed by atoms with van der Waals surface area (Å²) in [5.74, 6) is 2.51. The van der Waals surface area contributed by atoms with E-state index in [4.69, 9.17) is 0 Å². The Kier molecular flexibility index (Phi) is 7.35. The minimum Gasteiger partial charge on any atom is -0.359 e. The van der Waals surface area contributed by atoms with Crippen molar-refractivity contribution >= 4 is 15.8 Å². The van der Waals surface area contributed by atoms with Gasteiger partial charge < -0.3 is 5.32 Å². The zero-order valence-electron chi connectivity index (χ0n) is 15.8. The molecule has 1 N–H and O–H groups in total. The van der Waals surface area contributed by atoms with E-state index in [-0.39, 0.29) is 15.8 Å². The topological polar surface area (TPSA) is 12.0 Å². The number of hydrogen-bond donors (Lipinski definition) is 1. The van der Waals surface area contributed by atoms with Gasteiger partial charge in [0.2, 0.25) is 0 Å². The van der Waals surface area contributed by atoms with E-state index in [1.54, 1.807) is 0 Å². The molecule has 1 nitrogen and oxygen atoms in total. The second-order valence-electron chi connectivity index (χ2n) is 7.93. The summed E-state index contributed by atoms with van der Waals surface area (Å²) in [6.07, 6.45) is 10.6. The first kappa shape index (κ1) is 19.9. The van der Waals surface area contributed by atoms with Crippen LogP contribution in [0.15, 0.2) is 35.4 Å². The van der Waals surface area contributed by atoms with Crippen molar-refractivity contribution in [1.82, 2.24) is 5.32 Å². The van der Waals surface area contributed by atoms with E-state index in [1.165, 1.54) is 29.9 Å². The lowest BCUT2D eigenvalue weighted by atomic mass is 10.2. The van der Waals surface area contributed by atoms with Crippen molar-refractivity contribution in [2.24, 2.45) is 0 Å². The monoisotopic (exact) mass is 339 g/mol. The van der Waals surface area contributed by atoms with Gasteiger partial charge in [0.15, 0.2) is 0 Å². The molecular formula is C19H35NP2. The van der Waals surface area contributed by atoms with Crippen LogP contribution in [0, 0.1) is 0 Å². The van der Waals surface area contributed by atoms with Crippen molar-refractivity contribution in [3.05, 3.63) is 35.4 Å². The van der Waals surface area contributed by atoms with Crippen molar-refractivity contribution in [1.29, 1.82) is 0 Å². The zero-order valence-corrected chi connectivity index (χ0v) is 17.6. The van der Waals surface area contributed by atoms with E-state index < -0.39 is 0 Å². The smallest absolute Gasteiger partial charge is 0.0387 e. The molecule has 0 bridgehead atoms. The highest BCUT2D eigenvalue weighted by Crippen LogP contribution is 2.60. The molecule has 1 aliphatic rings. The lowest BCUT2D eigenvalue weighted by Crippen LogP contribution is -2.25. The summed E-state index contributed by atoms with van der Waals surface area (Å²) in [5, 5.41) is 4.36. The first-order chi connectivity index (χ1) is 10.1. The Morgan fingerprint density at radius 3 is 2.00 bits per heavy atom. The number of rotatable bonds is 5. The highest BCUT2D eigenvalue weighted by Gasteiger charge is 2.33. The van der Waals surface area contributed by atoms with Crippen LogP contribution >= 0.6 is 15.8 Å². The molecule has 1 heterocycles. The predicted molar refractivity (Wildman–Crippen MR) is 108 cm³/mol. The average molecular weight is 339 g/mol. The molecule has 0 aliphatic carbocycles. The van der Waals surface area contributed by atoms with Gasteiger partial charge in [0.25, 0.3) is 0 Å². The van der Waals surface area contributed by atoms with Crippen molar-refractivity contribution in [2.75, 3.05) is 18.5 Å². The van der Waals surface area contributed by atoms with Crippen molar-refractivity contribution in [3.8, 4) is 0 Å². The number of nitrogens with one attached hydrogen (secondary N) is 1. The Hall–Kier alpha value is -0.120. The molecule has 3 heteroatoms. The van der Waals surface area contributed by atoms with Gasteiger partial charge in [-0.2, -0.15) is 0 Å². The fourth-order valence-corrected chi connectivity index (χ4v) is 7.70. The maximum Gasteiger partial charge on any atom is 0.0387 e. The Morgan fingerprint density at radius 2 is 1.55 bits per heavy atom. The average Bonchev–Trinajstić information content (AvgIpc) is 2.40. The van der Waals surface area contributed by atoms with Crippen LogP contribution in [0.2, 0.25) is 0 Å². The zero-order chi connectivity index (χ0) is 17.0. The molecule has 0 unspecified atom stereocenters. The lowest BCUT2D eigenvalue weighted by molar-refractivity contribution is 0.713. The fraction of sp³-hybridized carbons (Fsp3) is 0.684. The van der Waals surface area contributed by atoms with Crippen molar-refractivity contribution < 1.29 is 0 Å². The van der Waals surface area contributed by atoms with Gasteiger partial charge in [-0.1, -0.05) is 69.4 Å². The van der Waals surface area contributed by atoms with Gasteiger partial charge in [0, 0.05) is 17.6 Å². The lowest BCUT2D eigenvalue weighted by Gasteiger charge is -2.40. The number of allylic oxidation sites excluding steroid dienone is 4. The Balaban J connectivity index is 2.90. The van der Waals surface area contributed by atoms with Gasteiger partial charge in [-0.05, 0) is 40.6 Å². The molecule has 1 rings (SSSR count). The molecule has 0 spiro atoms. The maximum absolute atomic E-state index is 3.70. The second kappa shape index (κ2) is 8.12. The molecule has 0 aromatic carbocycles. The van der Waals surface area contributed by atoms with E-state index in [2.05, 4.69) is 84.8 Å². The molecule has 0 saturated heterocycles. The minimum atomic E-state index is -0.210. The molecule has 0 fully saturated rings. The number of dihydropyridines is 1. The summed E-state index contributed by atoms with van der Waals surface area (Å²) in [5.41, 5.74) is 2.71. The third kappa shape index (κ3) is 6.17. The van der Waals surface area contributed by atoms with Gasteiger partial charge in [-0.3, -0.25) is 0 Å². The van der Waals surface area contributed by atoms with Crippen LogP contribution in [-0.4, -0.2) is 28.8 Å². The Bertz CT molecular complexity index is 429. The summed E-state index contributed by atoms with van der Waals surface area (Å²) in [7, 11) is -0.0602. The Morgan fingerprint density at radius 1 is 1.00 bits per heavy atom. The van der Waals surface area contributed by atoms with Crippen molar-refractivity contribution in [2.45, 2.75) is 65.7 Å². The number of hydrogen-bond acceptors (Lipinski definition) is 1. The molecule has 0 amide bonds. The molecule has 22 heavy (non-hydrogen) atoms. The third-order valence-electron chi connectivity index (χ3n) is 3.88. The Labute approximate surface area is 141 Å². The standard InChI is InChI=1S/C19H35NP2/c1-9-21(10-2)14-16-12-11-13-17(20-16)15-22(18(3,4)5)19(6,7)8/h11-13,15,20H,9-10,14H2,1-8H3/b17-15+. The summed E-state index contributed by atoms with van der Waals surface area (Å²) in [6, 6.07) is 0. The third-order valence-corrected chi connectivity index (χ3v) is 9.88. The SMILES string of the molecule is CCP(CC)CC1=CC=C/C(=C\P(C(C)(C)C)C(C)(C)C)N1. The van der Waals surface area contributed by atoms with E-state index in [0.717, 1.165) is 0 Å². The van der Waals surface area contributed by atoms with Crippen LogP contribution in [0.5, 0.6) is 0 Å². The summed E-state index contributed by atoms with van der Waals surface area (Å²) < 4.78 is 0. The van der Waals surface area contributed by atoms with Crippen LogP contribution in [0.25, 0.3) is 0 Å². The van der Waals surface area contributed by atoms with Gasteiger partial charge in [-0.15, -0.1) is 7.92 Å². The van der Waals surface area contributed by atoms with Gasteiger partial charge in [0.05, 0.1) is 0 Å². The predicted octanol–water partition coefficient (Wildman–Crippen LogP) is 6.47. The first-order valence-corrected chi connectivity index (χ1v) is 11.8. The van der Waals surface area contributed by atoms with E-state index in [0.29, 0.717) is 10.3 Å². The van der Waals surface area contributed by atoms with Crippen LogP contribution in [0.4, 0.5) is 0 Å². The highest BCUT2D eigenvalue weighted by molar-refractivity contribution is 7.64. The molecule has 1 aliphatic heterocycles. The largest absolute Gasteiger partial charge is 0.359 e. The molecule has 126 valence electrons. The fourth-order valence-electron chi connectivity index (χ4n) is 2.92. The van der Waals surface area contributed by atoms with Gasteiger partial charge in [0.1, 0.15) is 0 Å². The molecule has 0 saturated carbocycles. The normalized spacial score (nSPS) is 18.1. The van der Waals surface area contributed by atoms with E-state index in [1.807, 2.05) is 0 Å². The maximum atomic E-state index is 3.70. The molecule has 0 radical (unpaired) electrons. The van der Waals surface area contributed by atoms with Crippen LogP contribution in [0.3, 0.4) is 0 Å². The van der Waals surface area contributed by atoms with Crippen LogP contribution in [0.1, 0.15) is 55.4 Å². The van der Waals surface area contributed by atoms with Gasteiger partial charge in [-0.25, -0.2) is 0 Å². The van der Waals surface area contributed by atoms with E-state index >= 15 is 0 Å². The van der Waals surface area contributed by atoms with Crippen LogP contribution in [-0.2, 0) is 0 Å². The summed E-state index contributed by atoms with van der Waals surface area (Å²) >= 11 is 0. The molecule has 0 atom stereocenters. The summed E-state index contributed by atoms with van der Waals surface area (Å²) in [4.78, 5) is 0. The second-order valence-corrected chi connectivity index (χ2v) is 14.5. The summed E-state index contributed by atoms with van der Waals surface area (Å²) in [6.45, 7) is 18.9. The molecular weight excluding hydrogens is 304 g/mol. The first-order valence-electron chi connectivity index (χ1n) is 8.45. The molecule has 0 aromatic rings. The highest BCUT2D eigenvalue weighted by atomic mass is 31.1. The van der Waals surface area contributed by atoms with E-state index in [9.17, 15) is 0 Å². The van der Waals surface area contributed by atoms with Gasteiger partial charge >= 0.3 is 0 Å².